The maximum atomic E-state index is 12.4. The lowest BCUT2D eigenvalue weighted by Gasteiger charge is -2.23. The van der Waals surface area contributed by atoms with E-state index in [2.05, 4.69) is 32.3 Å². The molecule has 0 bridgehead atoms. The molecule has 0 fully saturated rings. The average Bonchev–Trinajstić information content (AvgIpc) is 2.53. The molecular weight excluding hydrogens is 333 g/mol. The van der Waals surface area contributed by atoms with Crippen LogP contribution in [0.1, 0.15) is 50.0 Å². The molecular formula is C19H24BNO5. The van der Waals surface area contributed by atoms with Gasteiger partial charge in [0.05, 0.1) is 12.2 Å². The van der Waals surface area contributed by atoms with Crippen LogP contribution >= 0.6 is 0 Å². The van der Waals surface area contributed by atoms with Gasteiger partial charge in [-0.05, 0) is 17.0 Å². The predicted octanol–water partition coefficient (Wildman–Crippen LogP) is 2.78. The van der Waals surface area contributed by atoms with Crippen LogP contribution in [0, 0.1) is 5.41 Å². The first-order valence-electron chi connectivity index (χ1n) is 8.49. The van der Waals surface area contributed by atoms with Crippen LogP contribution in [0.5, 0.6) is 5.75 Å². The molecule has 0 atom stereocenters. The molecule has 1 aromatic carbocycles. The lowest BCUT2D eigenvalue weighted by atomic mass is 9.75. The first-order chi connectivity index (χ1) is 12.1. The van der Waals surface area contributed by atoms with Crippen molar-refractivity contribution < 1.29 is 24.0 Å². The molecule has 1 N–H and O–H groups in total. The van der Waals surface area contributed by atoms with Gasteiger partial charge < -0.3 is 14.4 Å². The summed E-state index contributed by atoms with van der Waals surface area (Å²) in [5, 5.41) is 10.0. The topological polar surface area (TPSA) is 85.2 Å². The fraction of sp³-hybridized carbons (Fsp3) is 0.421. The molecule has 1 aromatic rings. The first-order valence-corrected chi connectivity index (χ1v) is 8.49. The van der Waals surface area contributed by atoms with Crippen molar-refractivity contribution in [3.8, 4) is 5.75 Å². The lowest BCUT2D eigenvalue weighted by molar-refractivity contribution is -0.115. The van der Waals surface area contributed by atoms with E-state index in [4.69, 9.17) is 9.39 Å². The third-order valence-electron chi connectivity index (χ3n) is 4.20. The van der Waals surface area contributed by atoms with Crippen molar-refractivity contribution >= 4 is 24.6 Å². The Balaban J connectivity index is 2.12. The van der Waals surface area contributed by atoms with Crippen molar-refractivity contribution in [1.29, 1.82) is 0 Å². The largest absolute Gasteiger partial charge is 0.575 e. The number of carbonyl (C=O) groups is 2. The molecule has 0 unspecified atom stereocenters. The third-order valence-corrected chi connectivity index (χ3v) is 4.20. The molecule has 2 rings (SSSR count). The van der Waals surface area contributed by atoms with Crippen LogP contribution in [0.25, 0.3) is 0 Å². The number of fused-ring (bicyclic) bond motifs is 1. The van der Waals surface area contributed by atoms with Crippen molar-refractivity contribution in [3.05, 3.63) is 41.5 Å². The quantitative estimate of drug-likeness (QED) is 0.509. The zero-order chi connectivity index (χ0) is 19.5. The second kappa shape index (κ2) is 7.87. The van der Waals surface area contributed by atoms with Crippen molar-refractivity contribution in [1.82, 2.24) is 0 Å². The molecule has 1 aliphatic rings. The standard InChI is InChI=1S/C19H24BNO5/c1-12(19(3,4)5)9-10-25-18(23)15-8-6-7-14-11-16(21-13(2)22)20(24)26-17(14)15/h6-8,24H,1,9-11H2,2-5H3. The van der Waals surface area contributed by atoms with Gasteiger partial charge in [-0.25, -0.2) is 9.79 Å². The fourth-order valence-corrected chi connectivity index (χ4v) is 2.50. The van der Waals surface area contributed by atoms with Gasteiger partial charge in [-0.1, -0.05) is 45.1 Å². The SMILES string of the molecule is C=C(CCOC(=O)c1cccc2c1OB(O)C(=NC(C)=O)C2)C(C)(C)C. The number of para-hydroxylation sites is 1. The second-order valence-electron chi connectivity index (χ2n) is 7.30. The number of aliphatic imine (C=N–C) groups is 1. The molecule has 0 saturated carbocycles. The first kappa shape index (κ1) is 19.9. The molecule has 1 heterocycles. The fourth-order valence-electron chi connectivity index (χ4n) is 2.50. The summed E-state index contributed by atoms with van der Waals surface area (Å²) >= 11 is 0. The van der Waals surface area contributed by atoms with E-state index in [1.165, 1.54) is 6.92 Å². The Morgan fingerprint density at radius 3 is 2.69 bits per heavy atom. The number of carbonyl (C=O) groups excluding carboxylic acids is 2. The molecule has 7 heteroatoms. The third kappa shape index (κ3) is 4.82. The normalized spacial score (nSPS) is 15.3. The Morgan fingerprint density at radius 2 is 2.08 bits per heavy atom. The lowest BCUT2D eigenvalue weighted by Crippen LogP contribution is -2.39. The minimum atomic E-state index is -1.36. The van der Waals surface area contributed by atoms with E-state index in [0.717, 1.165) is 5.57 Å². The van der Waals surface area contributed by atoms with Gasteiger partial charge in [0.2, 0.25) is 5.91 Å². The molecule has 1 aliphatic heterocycles. The summed E-state index contributed by atoms with van der Waals surface area (Å²) in [6.07, 6.45) is 0.807. The van der Waals surface area contributed by atoms with Crippen LogP contribution in [0.2, 0.25) is 0 Å². The van der Waals surface area contributed by atoms with E-state index in [1.807, 2.05) is 0 Å². The Hall–Kier alpha value is -2.41. The van der Waals surface area contributed by atoms with Gasteiger partial charge in [0, 0.05) is 19.8 Å². The Morgan fingerprint density at radius 1 is 1.38 bits per heavy atom. The summed E-state index contributed by atoms with van der Waals surface area (Å²) in [6.45, 7) is 11.7. The van der Waals surface area contributed by atoms with Crippen LogP contribution in [-0.4, -0.2) is 36.2 Å². The monoisotopic (exact) mass is 357 g/mol. The number of esters is 1. The van der Waals surface area contributed by atoms with E-state index >= 15 is 0 Å². The number of hydrogen-bond donors (Lipinski definition) is 1. The van der Waals surface area contributed by atoms with Crippen LogP contribution < -0.4 is 4.65 Å². The number of benzene rings is 1. The molecule has 0 radical (unpaired) electrons. The van der Waals surface area contributed by atoms with Crippen molar-refractivity contribution in [2.45, 2.75) is 40.5 Å². The zero-order valence-corrected chi connectivity index (χ0v) is 15.7. The van der Waals surface area contributed by atoms with Crippen LogP contribution in [-0.2, 0) is 16.0 Å². The highest BCUT2D eigenvalue weighted by atomic mass is 16.5. The molecule has 1 amide bonds. The van der Waals surface area contributed by atoms with Crippen molar-refractivity contribution in [2.75, 3.05) is 6.61 Å². The highest BCUT2D eigenvalue weighted by molar-refractivity contribution is 6.82. The molecule has 0 aromatic heterocycles. The van der Waals surface area contributed by atoms with Crippen molar-refractivity contribution in [2.24, 2.45) is 10.4 Å². The Labute approximate surface area is 154 Å². The summed E-state index contributed by atoms with van der Waals surface area (Å²) in [5.41, 5.74) is 2.08. The molecule has 26 heavy (non-hydrogen) atoms. The highest BCUT2D eigenvalue weighted by Gasteiger charge is 2.34. The highest BCUT2D eigenvalue weighted by Crippen LogP contribution is 2.30. The van der Waals surface area contributed by atoms with E-state index < -0.39 is 19.0 Å². The van der Waals surface area contributed by atoms with Crippen LogP contribution in [0.15, 0.2) is 35.3 Å². The summed E-state index contributed by atoms with van der Waals surface area (Å²) in [7, 11) is -1.36. The van der Waals surface area contributed by atoms with Crippen LogP contribution in [0.3, 0.4) is 0 Å². The summed E-state index contributed by atoms with van der Waals surface area (Å²) < 4.78 is 10.8. The molecule has 0 aliphatic carbocycles. The minimum Gasteiger partial charge on any atom is -0.531 e. The summed E-state index contributed by atoms with van der Waals surface area (Å²) in [6, 6.07) is 5.05. The summed E-state index contributed by atoms with van der Waals surface area (Å²) in [5.74, 6) is -0.675. The van der Waals surface area contributed by atoms with Gasteiger partial charge in [-0.2, -0.15) is 0 Å². The second-order valence-corrected chi connectivity index (χ2v) is 7.30. The smallest absolute Gasteiger partial charge is 0.531 e. The molecule has 6 nitrogen and oxygen atoms in total. The number of nitrogens with zero attached hydrogens (tertiary/aromatic N) is 1. The van der Waals surface area contributed by atoms with Gasteiger partial charge in [0.1, 0.15) is 11.3 Å². The van der Waals surface area contributed by atoms with Crippen LogP contribution in [0.4, 0.5) is 0 Å². The molecule has 138 valence electrons. The maximum Gasteiger partial charge on any atom is 0.575 e. The van der Waals surface area contributed by atoms with E-state index in [9.17, 15) is 14.6 Å². The minimum absolute atomic E-state index is 0.0437. The average molecular weight is 357 g/mol. The number of amides is 1. The number of hydrogen-bond acceptors (Lipinski definition) is 5. The predicted molar refractivity (Wildman–Crippen MR) is 100 cm³/mol. The molecule has 0 saturated heterocycles. The Bertz CT molecular complexity index is 764. The van der Waals surface area contributed by atoms with Crippen molar-refractivity contribution in [3.63, 3.8) is 0 Å². The number of ether oxygens (including phenoxy) is 1. The van der Waals surface area contributed by atoms with Gasteiger partial charge in [-0.15, -0.1) is 0 Å². The number of rotatable bonds is 4. The Kier molecular flexibility index (Phi) is 6.03. The molecule has 0 spiro atoms. The van der Waals surface area contributed by atoms with Gasteiger partial charge in [-0.3, -0.25) is 4.79 Å². The zero-order valence-electron chi connectivity index (χ0n) is 15.7. The van der Waals surface area contributed by atoms with Gasteiger partial charge in [0.25, 0.3) is 0 Å². The van der Waals surface area contributed by atoms with Gasteiger partial charge >= 0.3 is 13.1 Å². The maximum absolute atomic E-state index is 12.4. The van der Waals surface area contributed by atoms with E-state index in [-0.39, 0.29) is 35.4 Å². The van der Waals surface area contributed by atoms with E-state index in [0.29, 0.717) is 12.0 Å². The summed E-state index contributed by atoms with van der Waals surface area (Å²) in [4.78, 5) is 27.3. The van der Waals surface area contributed by atoms with E-state index in [1.54, 1.807) is 18.2 Å². The van der Waals surface area contributed by atoms with Gasteiger partial charge in [0.15, 0.2) is 0 Å².